The van der Waals surface area contributed by atoms with E-state index in [1.165, 1.54) is 18.2 Å². The molecule has 0 heterocycles. The topological polar surface area (TPSA) is 43.4 Å². The van der Waals surface area contributed by atoms with Gasteiger partial charge < -0.3 is 4.74 Å². The van der Waals surface area contributed by atoms with Crippen LogP contribution in [0.4, 0.5) is 8.78 Å². The minimum atomic E-state index is -3.86. The molecule has 0 saturated heterocycles. The van der Waals surface area contributed by atoms with Gasteiger partial charge in [0, 0.05) is 28.9 Å². The number of hydrogen-bond acceptors (Lipinski definition) is 3. The summed E-state index contributed by atoms with van der Waals surface area (Å²) in [7, 11) is 1.33. The molecule has 2 rings (SSSR count). The lowest BCUT2D eigenvalue weighted by molar-refractivity contribution is 0.465. The van der Waals surface area contributed by atoms with Gasteiger partial charge in [-0.1, -0.05) is 0 Å². The van der Waals surface area contributed by atoms with Gasteiger partial charge in [-0.2, -0.15) is 0 Å². The Labute approximate surface area is 126 Å². The van der Waals surface area contributed by atoms with Crippen LogP contribution >= 0.6 is 26.6 Å². The second kappa shape index (κ2) is 5.67. The van der Waals surface area contributed by atoms with Crippen molar-refractivity contribution in [2.75, 3.05) is 0 Å². The minimum Gasteiger partial charge on any atom is -0.456 e. The van der Waals surface area contributed by atoms with Crippen molar-refractivity contribution in [3.8, 4) is 11.5 Å². The zero-order valence-corrected chi connectivity index (χ0v) is 12.8. The van der Waals surface area contributed by atoms with Crippen molar-refractivity contribution in [3.63, 3.8) is 0 Å². The van der Waals surface area contributed by atoms with Crippen LogP contribution in [-0.2, 0) is 9.05 Å². The summed E-state index contributed by atoms with van der Waals surface area (Å²) < 4.78 is 53.9. The maximum absolute atomic E-state index is 13.0. The van der Waals surface area contributed by atoms with Gasteiger partial charge in [-0.25, -0.2) is 17.2 Å². The van der Waals surface area contributed by atoms with Gasteiger partial charge in [-0.05, 0) is 34.1 Å². The van der Waals surface area contributed by atoms with Crippen LogP contribution in [0.15, 0.2) is 45.8 Å². The summed E-state index contributed by atoms with van der Waals surface area (Å²) in [5.41, 5.74) is 0. The largest absolute Gasteiger partial charge is 0.456 e. The summed E-state index contributed by atoms with van der Waals surface area (Å²) >= 11 is 3.10. The molecule has 2 aromatic rings. The first-order chi connectivity index (χ1) is 9.25. The predicted molar refractivity (Wildman–Crippen MR) is 73.6 cm³/mol. The van der Waals surface area contributed by atoms with Crippen LogP contribution in [0.1, 0.15) is 0 Å². The third-order valence-corrected chi connectivity index (χ3v) is 4.22. The van der Waals surface area contributed by atoms with E-state index in [9.17, 15) is 17.2 Å². The maximum atomic E-state index is 13.0. The average Bonchev–Trinajstić information content (AvgIpc) is 2.29. The molecule has 0 radical (unpaired) electrons. The maximum Gasteiger partial charge on any atom is 0.261 e. The normalized spacial score (nSPS) is 11.4. The van der Waals surface area contributed by atoms with Crippen LogP contribution in [0.3, 0.4) is 0 Å². The highest BCUT2D eigenvalue weighted by molar-refractivity contribution is 9.10. The second-order valence-electron chi connectivity index (χ2n) is 3.74. The van der Waals surface area contributed by atoms with Gasteiger partial charge in [0.2, 0.25) is 0 Å². The summed E-state index contributed by atoms with van der Waals surface area (Å²) in [4.78, 5) is -0.121. The third-order valence-electron chi connectivity index (χ3n) is 2.25. The quantitative estimate of drug-likeness (QED) is 0.736. The van der Waals surface area contributed by atoms with Crippen molar-refractivity contribution in [2.24, 2.45) is 0 Å². The molecule has 0 aliphatic rings. The van der Waals surface area contributed by atoms with Gasteiger partial charge in [-0.3, -0.25) is 0 Å². The molecule has 2 aromatic carbocycles. The molecule has 20 heavy (non-hydrogen) atoms. The van der Waals surface area contributed by atoms with Gasteiger partial charge in [0.1, 0.15) is 23.1 Å². The molecule has 0 fully saturated rings. The van der Waals surface area contributed by atoms with Crippen molar-refractivity contribution in [1.82, 2.24) is 0 Å². The van der Waals surface area contributed by atoms with Gasteiger partial charge >= 0.3 is 0 Å². The zero-order chi connectivity index (χ0) is 14.9. The first kappa shape index (κ1) is 15.2. The number of rotatable bonds is 3. The summed E-state index contributed by atoms with van der Waals surface area (Å²) in [5.74, 6) is -1.42. The van der Waals surface area contributed by atoms with Crippen molar-refractivity contribution in [2.45, 2.75) is 4.90 Å². The lowest BCUT2D eigenvalue weighted by Crippen LogP contribution is -1.93. The molecule has 0 N–H and O–H groups in total. The van der Waals surface area contributed by atoms with E-state index >= 15 is 0 Å². The van der Waals surface area contributed by atoms with Gasteiger partial charge in [0.25, 0.3) is 9.05 Å². The fourth-order valence-electron chi connectivity index (χ4n) is 1.43. The molecule has 0 amide bonds. The molecule has 8 heteroatoms. The van der Waals surface area contributed by atoms with Crippen molar-refractivity contribution >= 4 is 35.7 Å². The third kappa shape index (κ3) is 3.68. The van der Waals surface area contributed by atoms with E-state index in [1.54, 1.807) is 0 Å². The zero-order valence-electron chi connectivity index (χ0n) is 9.61. The van der Waals surface area contributed by atoms with Crippen molar-refractivity contribution in [3.05, 3.63) is 52.5 Å². The van der Waals surface area contributed by atoms with E-state index in [1.807, 2.05) is 0 Å². The molecule has 106 valence electrons. The van der Waals surface area contributed by atoms with Crippen LogP contribution in [0.25, 0.3) is 0 Å². The molecule has 0 atom stereocenters. The fraction of sp³-hybridized carbons (Fsp3) is 0. The van der Waals surface area contributed by atoms with E-state index in [0.29, 0.717) is 6.07 Å². The van der Waals surface area contributed by atoms with Gasteiger partial charge in [0.15, 0.2) is 0 Å². The Morgan fingerprint density at radius 1 is 1.05 bits per heavy atom. The molecule has 0 aromatic heterocycles. The lowest BCUT2D eigenvalue weighted by atomic mass is 10.3. The first-order valence-corrected chi connectivity index (χ1v) is 8.24. The number of benzene rings is 2. The van der Waals surface area contributed by atoms with E-state index in [0.717, 1.165) is 12.1 Å². The minimum absolute atomic E-state index is 0.0512. The van der Waals surface area contributed by atoms with Crippen LogP contribution in [-0.4, -0.2) is 8.42 Å². The Morgan fingerprint density at radius 2 is 1.65 bits per heavy atom. The van der Waals surface area contributed by atoms with Crippen LogP contribution in [0.5, 0.6) is 11.5 Å². The molecule has 3 nitrogen and oxygen atoms in total. The summed E-state index contributed by atoms with van der Waals surface area (Å²) in [6.45, 7) is 0. The highest BCUT2D eigenvalue weighted by atomic mass is 79.9. The van der Waals surface area contributed by atoms with E-state index in [4.69, 9.17) is 15.4 Å². The molecule has 0 aliphatic heterocycles. The Bertz CT molecular complexity index is 745. The fourth-order valence-corrected chi connectivity index (χ4v) is 2.82. The second-order valence-corrected chi connectivity index (χ2v) is 7.16. The van der Waals surface area contributed by atoms with E-state index < -0.39 is 20.7 Å². The summed E-state index contributed by atoms with van der Waals surface area (Å²) in [5, 5.41) is 0. The lowest BCUT2D eigenvalue weighted by Gasteiger charge is -2.08. The molecular weight excluding hydrogens is 378 g/mol. The highest BCUT2D eigenvalue weighted by Gasteiger charge is 2.13. The van der Waals surface area contributed by atoms with E-state index in [2.05, 4.69) is 15.9 Å². The van der Waals surface area contributed by atoms with Gasteiger partial charge in [-0.15, -0.1) is 0 Å². The standard InChI is InChI=1S/C12H6BrClF2O3S/c13-11-6-10(20(14,17)18)1-2-12(11)19-9-4-7(15)3-8(16)5-9/h1-6H. The van der Waals surface area contributed by atoms with E-state index in [-0.39, 0.29) is 20.9 Å². The van der Waals surface area contributed by atoms with Gasteiger partial charge in [0.05, 0.1) is 9.37 Å². The average molecular weight is 384 g/mol. The molecular formula is C12H6BrClF2O3S. The van der Waals surface area contributed by atoms with Crippen LogP contribution in [0.2, 0.25) is 0 Å². The molecule has 0 saturated carbocycles. The molecule has 0 bridgehead atoms. The Kier molecular flexibility index (Phi) is 4.31. The Morgan fingerprint density at radius 3 is 2.15 bits per heavy atom. The van der Waals surface area contributed by atoms with Crippen LogP contribution < -0.4 is 4.74 Å². The molecule has 0 spiro atoms. The predicted octanol–water partition coefficient (Wildman–Crippen LogP) is 4.45. The van der Waals surface area contributed by atoms with Crippen molar-refractivity contribution < 1.29 is 21.9 Å². The SMILES string of the molecule is O=S(=O)(Cl)c1ccc(Oc2cc(F)cc(F)c2)c(Br)c1. The Hall–Kier alpha value is -1.18. The number of hydrogen-bond donors (Lipinski definition) is 0. The Balaban J connectivity index is 2.35. The summed E-state index contributed by atoms with van der Waals surface area (Å²) in [6.07, 6.45) is 0. The van der Waals surface area contributed by atoms with Crippen LogP contribution in [0, 0.1) is 11.6 Å². The molecule has 0 unspecified atom stereocenters. The number of ether oxygens (including phenoxy) is 1. The summed E-state index contributed by atoms with van der Waals surface area (Å²) in [6, 6.07) is 6.49. The number of halogens is 4. The highest BCUT2D eigenvalue weighted by Crippen LogP contribution is 2.33. The first-order valence-electron chi connectivity index (χ1n) is 5.14. The smallest absolute Gasteiger partial charge is 0.261 e. The monoisotopic (exact) mass is 382 g/mol. The van der Waals surface area contributed by atoms with Crippen molar-refractivity contribution in [1.29, 1.82) is 0 Å². The molecule has 0 aliphatic carbocycles.